The van der Waals surface area contributed by atoms with E-state index < -0.39 is 0 Å². The van der Waals surface area contributed by atoms with Crippen LogP contribution in [0, 0.1) is 0 Å². The average Bonchev–Trinajstić information content (AvgIpc) is 2.68. The Morgan fingerprint density at radius 3 is 2.22 bits per heavy atom. The molecule has 27 heavy (non-hydrogen) atoms. The predicted molar refractivity (Wildman–Crippen MR) is 109 cm³/mol. The van der Waals surface area contributed by atoms with Gasteiger partial charge in [-0.25, -0.2) is 4.79 Å². The standard InChI is InChI=1S/C22H30N2O3/c1-16(2)19-9-6-18(7-10-19)15-24(3)22(25)23-13-12-17-8-11-20(26-4)21(14-17)27-5/h6-11,14,16H,12-13,15H2,1-5H3,(H,23,25). The van der Waals surface area contributed by atoms with E-state index in [2.05, 4.69) is 43.4 Å². The molecular formula is C22H30N2O3. The Labute approximate surface area is 162 Å². The summed E-state index contributed by atoms with van der Waals surface area (Å²) in [6.07, 6.45) is 0.725. The third kappa shape index (κ3) is 5.91. The third-order valence-corrected chi connectivity index (χ3v) is 4.55. The van der Waals surface area contributed by atoms with E-state index in [4.69, 9.17) is 9.47 Å². The molecule has 5 heteroatoms. The van der Waals surface area contributed by atoms with Gasteiger partial charge in [-0.3, -0.25) is 0 Å². The van der Waals surface area contributed by atoms with Crippen LogP contribution in [0.5, 0.6) is 11.5 Å². The van der Waals surface area contributed by atoms with Gasteiger partial charge in [0.05, 0.1) is 14.2 Å². The van der Waals surface area contributed by atoms with Crippen LogP contribution in [0.4, 0.5) is 4.79 Å². The maximum Gasteiger partial charge on any atom is 0.317 e. The molecule has 0 aliphatic heterocycles. The fraction of sp³-hybridized carbons (Fsp3) is 0.409. The van der Waals surface area contributed by atoms with Crippen LogP contribution in [0.25, 0.3) is 0 Å². The summed E-state index contributed by atoms with van der Waals surface area (Å²) < 4.78 is 10.6. The smallest absolute Gasteiger partial charge is 0.317 e. The third-order valence-electron chi connectivity index (χ3n) is 4.55. The molecule has 2 aromatic carbocycles. The minimum atomic E-state index is -0.0802. The van der Waals surface area contributed by atoms with E-state index in [1.54, 1.807) is 19.1 Å². The van der Waals surface area contributed by atoms with Gasteiger partial charge in [-0.15, -0.1) is 0 Å². The lowest BCUT2D eigenvalue weighted by molar-refractivity contribution is 0.207. The average molecular weight is 370 g/mol. The molecule has 0 aromatic heterocycles. The SMILES string of the molecule is COc1ccc(CCNC(=O)N(C)Cc2ccc(C(C)C)cc2)cc1OC. The van der Waals surface area contributed by atoms with Crippen LogP contribution in [0.2, 0.25) is 0 Å². The summed E-state index contributed by atoms with van der Waals surface area (Å²) >= 11 is 0. The van der Waals surface area contributed by atoms with Gasteiger partial charge in [-0.05, 0) is 41.2 Å². The van der Waals surface area contributed by atoms with E-state index in [-0.39, 0.29) is 6.03 Å². The molecule has 0 aliphatic rings. The van der Waals surface area contributed by atoms with Crippen molar-refractivity contribution < 1.29 is 14.3 Å². The molecule has 0 fully saturated rings. The zero-order chi connectivity index (χ0) is 19.8. The summed E-state index contributed by atoms with van der Waals surface area (Å²) in [5, 5.41) is 2.96. The summed E-state index contributed by atoms with van der Waals surface area (Å²) in [5.74, 6) is 1.91. The van der Waals surface area contributed by atoms with Crippen LogP contribution in [0.1, 0.15) is 36.5 Å². The Morgan fingerprint density at radius 2 is 1.63 bits per heavy atom. The number of methoxy groups -OCH3 is 2. The van der Waals surface area contributed by atoms with Crippen molar-refractivity contribution >= 4 is 6.03 Å². The van der Waals surface area contributed by atoms with Gasteiger partial charge in [-0.1, -0.05) is 44.2 Å². The first kappa shape index (κ1) is 20.6. The number of carbonyl (C=O) groups excluding carboxylic acids is 1. The van der Waals surface area contributed by atoms with Crippen molar-refractivity contribution in [3.05, 3.63) is 59.2 Å². The molecule has 1 N–H and O–H groups in total. The molecule has 146 valence electrons. The maximum absolute atomic E-state index is 12.3. The molecule has 0 atom stereocenters. The highest BCUT2D eigenvalue weighted by Crippen LogP contribution is 2.27. The van der Waals surface area contributed by atoms with E-state index in [1.165, 1.54) is 5.56 Å². The lowest BCUT2D eigenvalue weighted by Crippen LogP contribution is -2.37. The Hall–Kier alpha value is -2.69. The minimum absolute atomic E-state index is 0.0802. The first-order valence-electron chi connectivity index (χ1n) is 9.23. The highest BCUT2D eigenvalue weighted by molar-refractivity contribution is 5.73. The zero-order valence-electron chi connectivity index (χ0n) is 16.9. The number of ether oxygens (including phenoxy) is 2. The summed E-state index contributed by atoms with van der Waals surface area (Å²) in [6, 6.07) is 14.1. The fourth-order valence-electron chi connectivity index (χ4n) is 2.84. The summed E-state index contributed by atoms with van der Waals surface area (Å²) in [7, 11) is 5.04. The van der Waals surface area contributed by atoms with Gasteiger partial charge >= 0.3 is 6.03 Å². The van der Waals surface area contributed by atoms with Gasteiger partial charge < -0.3 is 19.7 Å². The number of hydrogen-bond acceptors (Lipinski definition) is 3. The number of amides is 2. The summed E-state index contributed by atoms with van der Waals surface area (Å²) in [4.78, 5) is 14.0. The van der Waals surface area contributed by atoms with Crippen molar-refractivity contribution in [3.8, 4) is 11.5 Å². The molecule has 5 nitrogen and oxygen atoms in total. The molecule has 2 aromatic rings. The number of benzene rings is 2. The van der Waals surface area contributed by atoms with Crippen LogP contribution in [0.3, 0.4) is 0 Å². The molecule has 0 unspecified atom stereocenters. The number of hydrogen-bond donors (Lipinski definition) is 1. The minimum Gasteiger partial charge on any atom is -0.493 e. The van der Waals surface area contributed by atoms with Crippen molar-refractivity contribution in [1.82, 2.24) is 10.2 Å². The number of nitrogens with one attached hydrogen (secondary N) is 1. The van der Waals surface area contributed by atoms with Crippen LogP contribution >= 0.6 is 0 Å². The van der Waals surface area contributed by atoms with Crippen LogP contribution < -0.4 is 14.8 Å². The monoisotopic (exact) mass is 370 g/mol. The first-order valence-corrected chi connectivity index (χ1v) is 9.23. The van der Waals surface area contributed by atoms with Crippen LogP contribution in [0.15, 0.2) is 42.5 Å². The topological polar surface area (TPSA) is 50.8 Å². The van der Waals surface area contributed by atoms with Crippen LogP contribution in [-0.4, -0.2) is 38.7 Å². The van der Waals surface area contributed by atoms with Gasteiger partial charge in [-0.2, -0.15) is 0 Å². The van der Waals surface area contributed by atoms with Gasteiger partial charge in [0.1, 0.15) is 0 Å². The van der Waals surface area contributed by atoms with E-state index in [0.29, 0.717) is 30.5 Å². The lowest BCUT2D eigenvalue weighted by Gasteiger charge is -2.18. The first-order chi connectivity index (χ1) is 12.9. The molecule has 2 rings (SSSR count). The predicted octanol–water partition coefficient (Wildman–Crippen LogP) is 4.21. The van der Waals surface area contributed by atoms with Gasteiger partial charge in [0.2, 0.25) is 0 Å². The summed E-state index contributed by atoms with van der Waals surface area (Å²) in [6.45, 7) is 5.49. The molecule has 0 aliphatic carbocycles. The highest BCUT2D eigenvalue weighted by atomic mass is 16.5. The van der Waals surface area contributed by atoms with Crippen molar-refractivity contribution in [2.45, 2.75) is 32.7 Å². The Morgan fingerprint density at radius 1 is 1.00 bits per heavy atom. The van der Waals surface area contributed by atoms with E-state index in [9.17, 15) is 4.79 Å². The van der Waals surface area contributed by atoms with Crippen molar-refractivity contribution in [2.75, 3.05) is 27.8 Å². The zero-order valence-corrected chi connectivity index (χ0v) is 16.9. The second kappa shape index (κ2) is 9.86. The highest BCUT2D eigenvalue weighted by Gasteiger charge is 2.10. The fourth-order valence-corrected chi connectivity index (χ4v) is 2.84. The molecule has 0 spiro atoms. The van der Waals surface area contributed by atoms with Gasteiger partial charge in [0.15, 0.2) is 11.5 Å². The van der Waals surface area contributed by atoms with Gasteiger partial charge in [0.25, 0.3) is 0 Å². The molecule has 0 saturated heterocycles. The number of carbonyl (C=O) groups is 1. The van der Waals surface area contributed by atoms with Gasteiger partial charge in [0, 0.05) is 20.1 Å². The number of nitrogens with zero attached hydrogens (tertiary/aromatic N) is 1. The quantitative estimate of drug-likeness (QED) is 0.757. The number of rotatable bonds is 8. The second-order valence-corrected chi connectivity index (χ2v) is 6.92. The molecule has 0 heterocycles. The Kier molecular flexibility index (Phi) is 7.53. The molecule has 2 amide bonds. The van der Waals surface area contributed by atoms with E-state index >= 15 is 0 Å². The molecule has 0 saturated carbocycles. The normalized spacial score (nSPS) is 10.6. The van der Waals surface area contributed by atoms with Crippen molar-refractivity contribution in [1.29, 1.82) is 0 Å². The Balaban J connectivity index is 1.82. The number of urea groups is 1. The molecule has 0 bridgehead atoms. The second-order valence-electron chi connectivity index (χ2n) is 6.92. The van der Waals surface area contributed by atoms with E-state index in [0.717, 1.165) is 17.5 Å². The summed E-state index contributed by atoms with van der Waals surface area (Å²) in [5.41, 5.74) is 3.51. The maximum atomic E-state index is 12.3. The molecule has 0 radical (unpaired) electrons. The van der Waals surface area contributed by atoms with Crippen molar-refractivity contribution in [2.24, 2.45) is 0 Å². The largest absolute Gasteiger partial charge is 0.493 e. The molecular weight excluding hydrogens is 340 g/mol. The van der Waals surface area contributed by atoms with E-state index in [1.807, 2.05) is 25.2 Å². The Bertz CT molecular complexity index is 742. The van der Waals surface area contributed by atoms with Crippen LogP contribution in [-0.2, 0) is 13.0 Å². The van der Waals surface area contributed by atoms with Crippen molar-refractivity contribution in [3.63, 3.8) is 0 Å². The lowest BCUT2D eigenvalue weighted by atomic mass is 10.0.